The Morgan fingerprint density at radius 2 is 2.12 bits per heavy atom. The van der Waals surface area contributed by atoms with Crippen molar-refractivity contribution in [3.05, 3.63) is 52.0 Å². The molecule has 0 bridgehead atoms. The summed E-state index contributed by atoms with van der Waals surface area (Å²) >= 11 is 1.76. The Hall–Kier alpha value is -1.19. The first-order valence-corrected chi connectivity index (χ1v) is 6.33. The second-order valence-electron chi connectivity index (χ2n) is 3.99. The van der Waals surface area contributed by atoms with Crippen LogP contribution >= 0.6 is 11.3 Å². The molecule has 2 N–H and O–H groups in total. The predicted octanol–water partition coefficient (Wildman–Crippen LogP) is 3.08. The van der Waals surface area contributed by atoms with Crippen LogP contribution in [-0.4, -0.2) is 4.98 Å². The lowest BCUT2D eigenvalue weighted by Crippen LogP contribution is -2.10. The molecule has 1 atom stereocenters. The lowest BCUT2D eigenvalue weighted by Gasteiger charge is -2.09. The third-order valence-electron chi connectivity index (χ3n) is 2.67. The van der Waals surface area contributed by atoms with E-state index >= 15 is 0 Å². The summed E-state index contributed by atoms with van der Waals surface area (Å²) in [6.45, 7) is 2.11. The maximum Gasteiger partial charge on any atom is 0.0306 e. The van der Waals surface area contributed by atoms with E-state index in [2.05, 4.69) is 23.4 Å². The molecule has 0 saturated heterocycles. The van der Waals surface area contributed by atoms with Crippen LogP contribution in [0.2, 0.25) is 0 Å². The van der Waals surface area contributed by atoms with Gasteiger partial charge in [0.05, 0.1) is 0 Å². The fraction of sp³-hybridized carbons (Fsp3) is 0.308. The number of aromatic nitrogens is 1. The average molecular weight is 232 g/mol. The summed E-state index contributed by atoms with van der Waals surface area (Å²) in [6, 6.07) is 6.43. The Labute approximate surface area is 100 Å². The van der Waals surface area contributed by atoms with Crippen LogP contribution in [0.15, 0.2) is 36.0 Å². The van der Waals surface area contributed by atoms with Crippen molar-refractivity contribution < 1.29 is 0 Å². The van der Waals surface area contributed by atoms with Gasteiger partial charge < -0.3 is 5.73 Å². The molecule has 2 aromatic rings. The molecule has 2 rings (SSSR count). The minimum Gasteiger partial charge on any atom is -0.324 e. The molecule has 1 unspecified atom stereocenters. The van der Waals surface area contributed by atoms with Gasteiger partial charge in [-0.25, -0.2) is 0 Å². The topological polar surface area (TPSA) is 38.9 Å². The molecule has 2 heterocycles. The smallest absolute Gasteiger partial charge is 0.0306 e. The molecule has 3 heteroatoms. The van der Waals surface area contributed by atoms with Crippen molar-refractivity contribution in [2.75, 3.05) is 0 Å². The summed E-state index contributed by atoms with van der Waals surface area (Å²) in [5, 5.41) is 2.16. The summed E-state index contributed by atoms with van der Waals surface area (Å²) in [5.74, 6) is 0. The third-order valence-corrected chi connectivity index (χ3v) is 3.55. The molecule has 2 nitrogen and oxygen atoms in total. The van der Waals surface area contributed by atoms with Gasteiger partial charge in [0.1, 0.15) is 0 Å². The van der Waals surface area contributed by atoms with Crippen molar-refractivity contribution in [1.29, 1.82) is 0 Å². The van der Waals surface area contributed by atoms with Crippen LogP contribution in [0, 0.1) is 6.92 Å². The molecule has 0 fully saturated rings. The first-order chi connectivity index (χ1) is 7.75. The van der Waals surface area contributed by atoms with Gasteiger partial charge in [-0.3, -0.25) is 4.98 Å². The fourth-order valence-corrected chi connectivity index (χ4v) is 2.47. The highest BCUT2D eigenvalue weighted by Gasteiger charge is 2.07. The van der Waals surface area contributed by atoms with Gasteiger partial charge >= 0.3 is 0 Å². The van der Waals surface area contributed by atoms with Crippen LogP contribution < -0.4 is 5.73 Å². The zero-order chi connectivity index (χ0) is 11.4. The van der Waals surface area contributed by atoms with Gasteiger partial charge in [0.25, 0.3) is 0 Å². The van der Waals surface area contributed by atoms with Crippen LogP contribution in [0.4, 0.5) is 0 Å². The van der Waals surface area contributed by atoms with E-state index in [0.717, 1.165) is 12.8 Å². The first-order valence-electron chi connectivity index (χ1n) is 5.45. The summed E-state index contributed by atoms with van der Waals surface area (Å²) in [6.07, 6.45) is 5.66. The Bertz CT molecular complexity index is 436. The number of hydrogen-bond acceptors (Lipinski definition) is 3. The summed E-state index contributed by atoms with van der Waals surface area (Å²) in [5.41, 5.74) is 8.71. The summed E-state index contributed by atoms with van der Waals surface area (Å²) in [7, 11) is 0. The highest BCUT2D eigenvalue weighted by molar-refractivity contribution is 7.10. The first kappa shape index (κ1) is 11.3. The zero-order valence-electron chi connectivity index (χ0n) is 9.39. The molecular weight excluding hydrogens is 216 g/mol. The van der Waals surface area contributed by atoms with Crippen LogP contribution in [0.3, 0.4) is 0 Å². The van der Waals surface area contributed by atoms with Crippen molar-refractivity contribution >= 4 is 11.3 Å². The van der Waals surface area contributed by atoms with Gasteiger partial charge in [-0.2, -0.15) is 0 Å². The minimum atomic E-state index is 0.151. The molecule has 84 valence electrons. The van der Waals surface area contributed by atoms with Crippen LogP contribution in [0.5, 0.6) is 0 Å². The number of rotatable bonds is 4. The van der Waals surface area contributed by atoms with Crippen LogP contribution in [0.1, 0.15) is 28.5 Å². The van der Waals surface area contributed by atoms with Gasteiger partial charge in [-0.05, 0) is 54.5 Å². The second-order valence-corrected chi connectivity index (χ2v) is 5.11. The Morgan fingerprint density at radius 1 is 1.38 bits per heavy atom. The quantitative estimate of drug-likeness (QED) is 0.879. The molecule has 0 radical (unpaired) electrons. The number of nitrogens with zero attached hydrogens (tertiary/aromatic N) is 1. The van der Waals surface area contributed by atoms with Crippen molar-refractivity contribution in [1.82, 2.24) is 4.98 Å². The van der Waals surface area contributed by atoms with Gasteiger partial charge in [-0.15, -0.1) is 11.3 Å². The molecule has 16 heavy (non-hydrogen) atoms. The molecule has 0 aliphatic heterocycles. The molecular formula is C13H16N2S. The van der Waals surface area contributed by atoms with E-state index in [1.807, 2.05) is 24.5 Å². The largest absolute Gasteiger partial charge is 0.324 e. The maximum absolute atomic E-state index is 6.15. The highest BCUT2D eigenvalue weighted by Crippen LogP contribution is 2.22. The standard InChI is InChI=1S/C13H16N2S/c1-10-8-12(9-16-10)13(14)3-2-11-4-6-15-7-5-11/h4-9,13H,2-3,14H2,1H3. The molecule has 0 aliphatic carbocycles. The van der Waals surface area contributed by atoms with Crippen LogP contribution in [-0.2, 0) is 6.42 Å². The monoisotopic (exact) mass is 232 g/mol. The Kier molecular flexibility index (Phi) is 3.70. The van der Waals surface area contributed by atoms with Gasteiger partial charge in [0.2, 0.25) is 0 Å². The summed E-state index contributed by atoms with van der Waals surface area (Å²) < 4.78 is 0. The van der Waals surface area contributed by atoms with Crippen molar-refractivity contribution in [2.24, 2.45) is 5.73 Å². The zero-order valence-corrected chi connectivity index (χ0v) is 10.2. The van der Waals surface area contributed by atoms with Gasteiger partial charge in [-0.1, -0.05) is 0 Å². The number of nitrogens with two attached hydrogens (primary N) is 1. The summed E-state index contributed by atoms with van der Waals surface area (Å²) in [4.78, 5) is 5.33. The van der Waals surface area contributed by atoms with E-state index in [-0.39, 0.29) is 6.04 Å². The van der Waals surface area contributed by atoms with Crippen LogP contribution in [0.25, 0.3) is 0 Å². The lowest BCUT2D eigenvalue weighted by atomic mass is 10.0. The normalized spacial score (nSPS) is 12.6. The van der Waals surface area contributed by atoms with Crippen molar-refractivity contribution in [3.8, 4) is 0 Å². The average Bonchev–Trinajstić information content (AvgIpc) is 2.74. The van der Waals surface area contributed by atoms with E-state index in [4.69, 9.17) is 5.73 Å². The molecule has 2 aromatic heterocycles. The maximum atomic E-state index is 6.15. The number of thiophene rings is 1. The number of aryl methyl sites for hydroxylation is 2. The molecule has 0 aromatic carbocycles. The third kappa shape index (κ3) is 2.90. The highest BCUT2D eigenvalue weighted by atomic mass is 32.1. The fourth-order valence-electron chi connectivity index (χ4n) is 1.70. The number of pyridine rings is 1. The number of hydrogen-bond donors (Lipinski definition) is 1. The van der Waals surface area contributed by atoms with Gasteiger partial charge in [0, 0.05) is 23.3 Å². The molecule has 0 aliphatic rings. The van der Waals surface area contributed by atoms with E-state index in [9.17, 15) is 0 Å². The molecule has 0 saturated carbocycles. The van der Waals surface area contributed by atoms with E-state index < -0.39 is 0 Å². The SMILES string of the molecule is Cc1cc(C(N)CCc2ccncc2)cs1. The van der Waals surface area contributed by atoms with E-state index in [1.165, 1.54) is 16.0 Å². The van der Waals surface area contributed by atoms with Crippen molar-refractivity contribution in [2.45, 2.75) is 25.8 Å². The van der Waals surface area contributed by atoms with E-state index in [0.29, 0.717) is 0 Å². The predicted molar refractivity (Wildman–Crippen MR) is 68.5 cm³/mol. The van der Waals surface area contributed by atoms with Gasteiger partial charge in [0.15, 0.2) is 0 Å². The Morgan fingerprint density at radius 3 is 2.75 bits per heavy atom. The lowest BCUT2D eigenvalue weighted by molar-refractivity contribution is 0.653. The minimum absolute atomic E-state index is 0.151. The molecule has 0 amide bonds. The Balaban J connectivity index is 1.91. The van der Waals surface area contributed by atoms with E-state index in [1.54, 1.807) is 11.3 Å². The molecule has 0 spiro atoms. The van der Waals surface area contributed by atoms with Crippen molar-refractivity contribution in [3.63, 3.8) is 0 Å². The second kappa shape index (κ2) is 5.23.